The summed E-state index contributed by atoms with van der Waals surface area (Å²) in [5.74, 6) is 3.15. The maximum Gasteiger partial charge on any atom is 0.160 e. The number of allylic oxidation sites excluding steroid dienone is 1. The highest BCUT2D eigenvalue weighted by molar-refractivity contribution is 6.25. The largest absolute Gasteiger partial charge is 0.374 e. The van der Waals surface area contributed by atoms with Gasteiger partial charge < -0.3 is 14.2 Å². The highest BCUT2D eigenvalue weighted by Crippen LogP contribution is 2.43. The number of halogens is 1. The summed E-state index contributed by atoms with van der Waals surface area (Å²) >= 11 is 5.72. The zero-order valence-corrected chi connectivity index (χ0v) is 15.8. The van der Waals surface area contributed by atoms with Crippen molar-refractivity contribution >= 4 is 11.6 Å². The molecule has 4 heteroatoms. The van der Waals surface area contributed by atoms with Crippen LogP contribution in [0.1, 0.15) is 58.3 Å². The number of hydrogen-bond acceptors (Lipinski definition) is 3. The monoisotopic (exact) mass is 356 g/mol. The first-order chi connectivity index (χ1) is 11.8. The lowest BCUT2D eigenvalue weighted by molar-refractivity contribution is -0.249. The highest BCUT2D eigenvalue weighted by atomic mass is 35.5. The molecule has 0 aromatic rings. The second kappa shape index (κ2) is 9.56. The third-order valence-corrected chi connectivity index (χ3v) is 6.47. The molecule has 0 bridgehead atoms. The fourth-order valence-electron chi connectivity index (χ4n) is 4.90. The Bertz CT molecular complexity index is 376. The summed E-state index contributed by atoms with van der Waals surface area (Å²) in [5, 5.41) is 0. The van der Waals surface area contributed by atoms with E-state index >= 15 is 0 Å². The van der Waals surface area contributed by atoms with Crippen molar-refractivity contribution in [2.24, 2.45) is 23.7 Å². The Hall–Kier alpha value is -0.0900. The minimum Gasteiger partial charge on any atom is -0.374 e. The zero-order chi connectivity index (χ0) is 16.8. The lowest BCUT2D eigenvalue weighted by atomic mass is 9.69. The summed E-state index contributed by atoms with van der Waals surface area (Å²) in [5.41, 5.74) is 1.70. The van der Waals surface area contributed by atoms with E-state index < -0.39 is 0 Å². The van der Waals surface area contributed by atoms with Crippen LogP contribution < -0.4 is 0 Å². The van der Waals surface area contributed by atoms with Gasteiger partial charge in [0.25, 0.3) is 0 Å². The molecule has 3 fully saturated rings. The summed E-state index contributed by atoms with van der Waals surface area (Å²) in [6, 6.07) is 0. The normalized spacial score (nSPS) is 41.6. The van der Waals surface area contributed by atoms with Crippen LogP contribution in [-0.2, 0) is 14.2 Å². The van der Waals surface area contributed by atoms with E-state index in [9.17, 15) is 0 Å². The molecule has 0 N–H and O–H groups in total. The van der Waals surface area contributed by atoms with Gasteiger partial charge in [0, 0.05) is 18.1 Å². The van der Waals surface area contributed by atoms with Gasteiger partial charge in [-0.2, -0.15) is 0 Å². The molecule has 0 aromatic carbocycles. The molecule has 1 aliphatic heterocycles. The predicted octanol–water partition coefficient (Wildman–Crippen LogP) is 5.13. The van der Waals surface area contributed by atoms with Crippen LogP contribution in [-0.4, -0.2) is 32.2 Å². The molecule has 0 aromatic heterocycles. The molecule has 138 valence electrons. The van der Waals surface area contributed by atoms with E-state index in [0.29, 0.717) is 19.1 Å². The van der Waals surface area contributed by atoms with Crippen molar-refractivity contribution in [2.75, 3.05) is 19.8 Å². The van der Waals surface area contributed by atoms with Crippen LogP contribution in [0.2, 0.25) is 0 Å². The molecule has 0 unspecified atom stereocenters. The third kappa shape index (κ3) is 4.97. The predicted molar refractivity (Wildman–Crippen MR) is 97.0 cm³/mol. The molecule has 0 spiro atoms. The van der Waals surface area contributed by atoms with Gasteiger partial charge >= 0.3 is 0 Å². The average Bonchev–Trinajstić information content (AvgIpc) is 2.64. The molecule has 1 heterocycles. The van der Waals surface area contributed by atoms with Gasteiger partial charge in [0.05, 0.1) is 13.2 Å². The minimum atomic E-state index is 0.00671. The van der Waals surface area contributed by atoms with Crippen molar-refractivity contribution in [3.8, 4) is 0 Å². The van der Waals surface area contributed by atoms with Crippen LogP contribution in [0, 0.1) is 23.7 Å². The Labute approximate surface area is 152 Å². The minimum absolute atomic E-state index is 0.00671. The molecule has 2 saturated carbocycles. The van der Waals surface area contributed by atoms with Gasteiger partial charge in [-0.1, -0.05) is 17.7 Å². The van der Waals surface area contributed by atoms with Gasteiger partial charge in [-0.15, -0.1) is 0 Å². The molecule has 1 saturated heterocycles. The first-order valence-corrected chi connectivity index (χ1v) is 10.4. The molecular formula is C20H33ClO3. The molecule has 0 amide bonds. The molecule has 2 aliphatic carbocycles. The molecule has 24 heavy (non-hydrogen) atoms. The lowest BCUT2D eigenvalue weighted by Gasteiger charge is -2.40. The molecule has 0 radical (unpaired) electrons. The summed E-state index contributed by atoms with van der Waals surface area (Å²) < 4.78 is 17.5. The highest BCUT2D eigenvalue weighted by Gasteiger charge is 2.35. The average molecular weight is 357 g/mol. The van der Waals surface area contributed by atoms with E-state index in [1.165, 1.54) is 51.4 Å². The van der Waals surface area contributed by atoms with Crippen molar-refractivity contribution in [2.45, 2.75) is 70.7 Å². The molecule has 3 rings (SSSR count). The second-order valence-electron chi connectivity index (χ2n) is 7.78. The van der Waals surface area contributed by atoms with Crippen LogP contribution in [0.4, 0.5) is 0 Å². The van der Waals surface area contributed by atoms with Gasteiger partial charge in [-0.3, -0.25) is 0 Å². The first kappa shape index (κ1) is 18.7. The van der Waals surface area contributed by atoms with Crippen LogP contribution in [0.3, 0.4) is 0 Å². The lowest BCUT2D eigenvalue weighted by Crippen LogP contribution is -2.42. The van der Waals surface area contributed by atoms with E-state index in [0.717, 1.165) is 24.4 Å². The maximum atomic E-state index is 5.94. The summed E-state index contributed by atoms with van der Waals surface area (Å²) in [7, 11) is 0. The third-order valence-electron chi connectivity index (χ3n) is 6.32. The van der Waals surface area contributed by atoms with Gasteiger partial charge in [-0.25, -0.2) is 0 Å². The fraction of sp³-hybridized carbons (Fsp3) is 0.900. The van der Waals surface area contributed by atoms with Gasteiger partial charge in [0.2, 0.25) is 0 Å². The Balaban J connectivity index is 1.37. The smallest absolute Gasteiger partial charge is 0.160 e. The van der Waals surface area contributed by atoms with E-state index in [-0.39, 0.29) is 12.4 Å². The van der Waals surface area contributed by atoms with Crippen LogP contribution >= 0.6 is 11.6 Å². The van der Waals surface area contributed by atoms with Gasteiger partial charge in [0.1, 0.15) is 6.10 Å². The first-order valence-electron chi connectivity index (χ1n) is 9.91. The van der Waals surface area contributed by atoms with Crippen molar-refractivity contribution in [1.82, 2.24) is 0 Å². The van der Waals surface area contributed by atoms with Crippen LogP contribution in [0.25, 0.3) is 0 Å². The van der Waals surface area contributed by atoms with Crippen molar-refractivity contribution in [1.29, 1.82) is 0 Å². The quantitative estimate of drug-likeness (QED) is 0.683. The SMILES string of the molecule is CCOC1COC(C2CCC(C3CCC(/C=C/Cl)CC3)CC2)OC1. The van der Waals surface area contributed by atoms with Crippen LogP contribution in [0.5, 0.6) is 0 Å². The van der Waals surface area contributed by atoms with Crippen LogP contribution in [0.15, 0.2) is 11.6 Å². The van der Waals surface area contributed by atoms with Gasteiger partial charge in [0.15, 0.2) is 6.29 Å². The molecular weight excluding hydrogens is 324 g/mol. The number of hydrogen-bond donors (Lipinski definition) is 0. The number of rotatable bonds is 5. The van der Waals surface area contributed by atoms with Crippen molar-refractivity contribution in [3.63, 3.8) is 0 Å². The Morgan fingerprint density at radius 1 is 0.875 bits per heavy atom. The topological polar surface area (TPSA) is 27.7 Å². The van der Waals surface area contributed by atoms with E-state index in [2.05, 4.69) is 6.08 Å². The molecule has 3 aliphatic rings. The Kier molecular flexibility index (Phi) is 7.45. The standard InChI is InChI=1S/C20H33ClO3/c1-2-22-19-13-23-20(24-14-19)18-9-7-17(8-10-18)16-5-3-15(4-6-16)11-12-21/h11-12,15-20H,2-10,13-14H2,1H3/b12-11+. The van der Waals surface area contributed by atoms with Gasteiger partial charge in [-0.05, 0) is 76.0 Å². The van der Waals surface area contributed by atoms with E-state index in [1.807, 2.05) is 6.92 Å². The molecule has 0 atom stereocenters. The van der Waals surface area contributed by atoms with Crippen molar-refractivity contribution in [3.05, 3.63) is 11.6 Å². The fourth-order valence-corrected chi connectivity index (χ4v) is 5.11. The van der Waals surface area contributed by atoms with Crippen molar-refractivity contribution < 1.29 is 14.2 Å². The molecule has 3 nitrogen and oxygen atoms in total. The summed E-state index contributed by atoms with van der Waals surface area (Å²) in [6.45, 7) is 4.13. The summed E-state index contributed by atoms with van der Waals surface area (Å²) in [4.78, 5) is 0. The maximum absolute atomic E-state index is 5.94. The van der Waals surface area contributed by atoms with E-state index in [4.69, 9.17) is 25.8 Å². The second-order valence-corrected chi connectivity index (χ2v) is 8.03. The Morgan fingerprint density at radius 2 is 1.42 bits per heavy atom. The zero-order valence-electron chi connectivity index (χ0n) is 15.0. The summed E-state index contributed by atoms with van der Waals surface area (Å²) in [6.07, 6.45) is 12.9. The van der Waals surface area contributed by atoms with E-state index in [1.54, 1.807) is 5.54 Å². The number of ether oxygens (including phenoxy) is 3. The Morgan fingerprint density at radius 3 is 1.96 bits per heavy atom.